The summed E-state index contributed by atoms with van der Waals surface area (Å²) in [6, 6.07) is 11.2. The molecule has 0 aliphatic carbocycles. The van der Waals surface area contributed by atoms with Crippen LogP contribution in [0.5, 0.6) is 11.5 Å². The Morgan fingerprint density at radius 3 is 2.43 bits per heavy atom. The third kappa shape index (κ3) is 9.96. The summed E-state index contributed by atoms with van der Waals surface area (Å²) in [5.74, 6) is 0.740. The van der Waals surface area contributed by atoms with Gasteiger partial charge in [-0.3, -0.25) is 34.2 Å². The number of imide groups is 1. The van der Waals surface area contributed by atoms with Crippen LogP contribution < -0.4 is 36.1 Å². The molecule has 4 saturated heterocycles. The molecule has 0 saturated carbocycles. The number of methoxy groups -OCH3 is 1. The predicted octanol–water partition coefficient (Wildman–Crippen LogP) is 3.21. The molecule has 18 heteroatoms. The standard InChI is InChI=1S/C45H58N10O8/c1-3-34-42(47-29-14-23-62-24-15-29)51-43(40(49-34)41(46)58)48-30-6-9-35(37(26-30)61-2)53-16-12-31(13-17-53)52-18-20-54(21-19-52)39(57)5-4-22-63-32-7-8-33-28(25-32)27-55(45(33)60)36-10-11-38(56)50-44(36)59/h6-9,25-26,29,31,36H,3-5,10-24,27H2,1-2H3,(H2,46,58)(H2,47,48,51)(H,50,56,59). The van der Waals surface area contributed by atoms with Gasteiger partial charge in [0, 0.05) is 101 Å². The van der Waals surface area contributed by atoms with Crippen molar-refractivity contribution in [1.29, 1.82) is 0 Å². The van der Waals surface area contributed by atoms with Gasteiger partial charge in [-0.05, 0) is 80.8 Å². The van der Waals surface area contributed by atoms with Crippen LogP contribution in [0, 0.1) is 0 Å². The number of hydrogen-bond donors (Lipinski definition) is 4. The van der Waals surface area contributed by atoms with E-state index in [9.17, 15) is 24.0 Å². The number of piperidine rings is 2. The Hall–Kier alpha value is -6.01. The summed E-state index contributed by atoms with van der Waals surface area (Å²) in [7, 11) is 1.66. The van der Waals surface area contributed by atoms with E-state index < -0.39 is 17.9 Å². The molecule has 4 fully saturated rings. The fourth-order valence-corrected chi connectivity index (χ4v) is 9.30. The maximum Gasteiger partial charge on any atom is 0.271 e. The van der Waals surface area contributed by atoms with Crippen molar-refractivity contribution < 1.29 is 38.2 Å². The first-order chi connectivity index (χ1) is 30.6. The number of ether oxygens (including phenoxy) is 3. The zero-order valence-electron chi connectivity index (χ0n) is 36.2. The molecule has 1 unspecified atom stereocenters. The predicted molar refractivity (Wildman–Crippen MR) is 234 cm³/mol. The number of primary amides is 1. The Morgan fingerprint density at radius 1 is 0.937 bits per heavy atom. The van der Waals surface area contributed by atoms with E-state index in [-0.39, 0.29) is 48.2 Å². The van der Waals surface area contributed by atoms with Gasteiger partial charge in [0.1, 0.15) is 17.5 Å². The van der Waals surface area contributed by atoms with Crippen molar-refractivity contribution in [3.05, 3.63) is 58.9 Å². The maximum atomic E-state index is 13.2. The summed E-state index contributed by atoms with van der Waals surface area (Å²) in [6.45, 7) is 8.78. The van der Waals surface area contributed by atoms with Gasteiger partial charge >= 0.3 is 0 Å². The molecule has 3 aromatic rings. The van der Waals surface area contributed by atoms with Crippen molar-refractivity contribution >= 4 is 52.5 Å². The summed E-state index contributed by atoms with van der Waals surface area (Å²) in [5.41, 5.74) is 9.55. The van der Waals surface area contributed by atoms with E-state index in [0.29, 0.717) is 98.9 Å². The summed E-state index contributed by atoms with van der Waals surface area (Å²) in [4.78, 5) is 80.4. The van der Waals surface area contributed by atoms with Crippen LogP contribution in [0.2, 0.25) is 0 Å². The Balaban J connectivity index is 0.778. The average Bonchev–Trinajstić information content (AvgIpc) is 3.62. The lowest BCUT2D eigenvalue weighted by molar-refractivity contribution is -0.137. The zero-order valence-corrected chi connectivity index (χ0v) is 36.2. The first-order valence-corrected chi connectivity index (χ1v) is 22.3. The monoisotopic (exact) mass is 866 g/mol. The lowest BCUT2D eigenvalue weighted by Crippen LogP contribution is -2.54. The topological polar surface area (TPSA) is 214 Å². The minimum atomic E-state index is -0.661. The number of piperazine rings is 1. The molecule has 6 heterocycles. The molecule has 5 amide bonds. The van der Waals surface area contributed by atoms with Crippen LogP contribution in [0.25, 0.3) is 0 Å². The number of nitrogens with one attached hydrogen (secondary N) is 3. The Kier molecular flexibility index (Phi) is 13.6. The van der Waals surface area contributed by atoms with Crippen LogP contribution >= 0.6 is 0 Å². The first kappa shape index (κ1) is 43.6. The minimum absolute atomic E-state index is 0.0850. The third-order valence-corrected chi connectivity index (χ3v) is 12.8. The van der Waals surface area contributed by atoms with E-state index in [0.717, 1.165) is 63.1 Å². The number of aromatic nitrogens is 2. The first-order valence-electron chi connectivity index (χ1n) is 22.3. The van der Waals surface area contributed by atoms with Crippen molar-refractivity contribution in [2.24, 2.45) is 5.73 Å². The van der Waals surface area contributed by atoms with E-state index in [4.69, 9.17) is 24.9 Å². The highest BCUT2D eigenvalue weighted by Gasteiger charge is 2.39. The van der Waals surface area contributed by atoms with E-state index in [1.54, 1.807) is 19.2 Å². The number of carbonyl (C=O) groups excluding carboxylic acids is 5. The third-order valence-electron chi connectivity index (χ3n) is 12.8. The summed E-state index contributed by atoms with van der Waals surface area (Å²) in [5, 5.41) is 9.12. The van der Waals surface area contributed by atoms with Crippen LogP contribution in [-0.4, -0.2) is 139 Å². The van der Waals surface area contributed by atoms with Crippen LogP contribution in [0.1, 0.15) is 90.4 Å². The van der Waals surface area contributed by atoms with E-state index in [1.807, 2.05) is 36.1 Å². The number of nitrogens with two attached hydrogens (primary N) is 1. The van der Waals surface area contributed by atoms with E-state index in [1.165, 1.54) is 4.90 Å². The van der Waals surface area contributed by atoms with Crippen molar-refractivity contribution in [3.63, 3.8) is 0 Å². The highest BCUT2D eigenvalue weighted by molar-refractivity contribution is 6.05. The molecule has 5 aliphatic heterocycles. The summed E-state index contributed by atoms with van der Waals surface area (Å²) < 4.78 is 17.4. The molecule has 5 aliphatic rings. The molecule has 8 rings (SSSR count). The number of hydrogen-bond acceptors (Lipinski definition) is 14. The van der Waals surface area contributed by atoms with Gasteiger partial charge in [0.25, 0.3) is 11.8 Å². The van der Waals surface area contributed by atoms with Crippen LogP contribution in [0.15, 0.2) is 36.4 Å². The number of fused-ring (bicyclic) bond motifs is 1. The van der Waals surface area contributed by atoms with E-state index >= 15 is 0 Å². The molecular weight excluding hydrogens is 809 g/mol. The highest BCUT2D eigenvalue weighted by Crippen LogP contribution is 2.36. The van der Waals surface area contributed by atoms with Crippen molar-refractivity contribution in [3.8, 4) is 11.5 Å². The molecule has 0 radical (unpaired) electrons. The van der Waals surface area contributed by atoms with Crippen molar-refractivity contribution in [1.82, 2.24) is 30.0 Å². The second-order valence-corrected chi connectivity index (χ2v) is 16.8. The number of nitrogens with zero attached hydrogens (tertiary/aromatic N) is 6. The molecule has 1 aromatic heterocycles. The van der Waals surface area contributed by atoms with Gasteiger partial charge in [0.15, 0.2) is 17.3 Å². The minimum Gasteiger partial charge on any atom is -0.495 e. The fraction of sp³-hybridized carbons (Fsp3) is 0.533. The number of amides is 5. The summed E-state index contributed by atoms with van der Waals surface area (Å²) in [6.07, 6.45) is 5.78. The fourth-order valence-electron chi connectivity index (χ4n) is 9.30. The second kappa shape index (κ2) is 19.6. The number of carbonyl (C=O) groups is 5. The van der Waals surface area contributed by atoms with E-state index in [2.05, 4.69) is 30.7 Å². The van der Waals surface area contributed by atoms with Crippen LogP contribution in [0.4, 0.5) is 23.0 Å². The van der Waals surface area contributed by atoms with Gasteiger partial charge < -0.3 is 45.3 Å². The molecule has 2 aromatic carbocycles. The van der Waals surface area contributed by atoms with Crippen molar-refractivity contribution in [2.45, 2.75) is 89.4 Å². The Morgan fingerprint density at radius 2 is 1.71 bits per heavy atom. The molecular formula is C45H58N10O8. The number of rotatable bonds is 15. The quantitative estimate of drug-likeness (QED) is 0.128. The van der Waals surface area contributed by atoms with Crippen LogP contribution in [0.3, 0.4) is 0 Å². The lowest BCUT2D eigenvalue weighted by atomic mass is 10.0. The number of aryl methyl sites for hydroxylation is 1. The van der Waals surface area contributed by atoms with Gasteiger partial charge in [0.2, 0.25) is 17.7 Å². The molecule has 63 heavy (non-hydrogen) atoms. The second-order valence-electron chi connectivity index (χ2n) is 16.8. The smallest absolute Gasteiger partial charge is 0.271 e. The van der Waals surface area contributed by atoms with Gasteiger partial charge in [-0.2, -0.15) is 0 Å². The highest BCUT2D eigenvalue weighted by atomic mass is 16.5. The van der Waals surface area contributed by atoms with Gasteiger partial charge in [-0.25, -0.2) is 9.97 Å². The molecule has 5 N–H and O–H groups in total. The summed E-state index contributed by atoms with van der Waals surface area (Å²) >= 11 is 0. The molecule has 0 bridgehead atoms. The SMILES string of the molecule is CCc1nc(C(N)=O)c(Nc2ccc(N3CCC(N4CCN(C(=O)CCCOc5ccc6c(c5)CN(C5CCC(=O)NC5=O)C6=O)CC4)CC3)c(OC)c2)nc1NC1CCOCC1. The molecule has 1 atom stereocenters. The Bertz CT molecular complexity index is 2200. The largest absolute Gasteiger partial charge is 0.495 e. The van der Waals surface area contributed by atoms with Crippen molar-refractivity contribution in [2.75, 3.05) is 81.7 Å². The zero-order chi connectivity index (χ0) is 44.0. The molecule has 0 spiro atoms. The number of benzene rings is 2. The maximum absolute atomic E-state index is 13.2. The normalized spacial score (nSPS) is 20.1. The average molecular weight is 867 g/mol. The van der Waals surface area contributed by atoms with Crippen LogP contribution in [-0.2, 0) is 32.1 Å². The number of anilines is 4. The van der Waals surface area contributed by atoms with Gasteiger partial charge in [-0.15, -0.1) is 0 Å². The van der Waals surface area contributed by atoms with Gasteiger partial charge in [0.05, 0.1) is 25.1 Å². The van der Waals surface area contributed by atoms with Gasteiger partial charge in [-0.1, -0.05) is 6.92 Å². The Labute approximate surface area is 367 Å². The lowest BCUT2D eigenvalue weighted by Gasteiger charge is -2.43. The molecule has 18 nitrogen and oxygen atoms in total. The molecule has 336 valence electrons.